The quantitative estimate of drug-likeness (QED) is 0.673. The molecule has 102 valence electrons. The van der Waals surface area contributed by atoms with Gasteiger partial charge < -0.3 is 20.4 Å². The van der Waals surface area contributed by atoms with Crippen molar-refractivity contribution in [2.45, 2.75) is 0 Å². The van der Waals surface area contributed by atoms with Crippen molar-refractivity contribution < 1.29 is 4.74 Å². The molecule has 0 atom stereocenters. The van der Waals surface area contributed by atoms with Crippen molar-refractivity contribution in [1.82, 2.24) is 19.9 Å². The number of aromatic amines is 1. The number of fused-ring (bicyclic) bond motifs is 1. The van der Waals surface area contributed by atoms with Gasteiger partial charge in [-0.1, -0.05) is 12.1 Å². The fraction of sp³-hybridized carbons (Fsp3) is 0.154. The lowest BCUT2D eigenvalue weighted by molar-refractivity contribution is 0.417. The number of H-pyrrole nitrogens is 1. The summed E-state index contributed by atoms with van der Waals surface area (Å²) in [6.07, 6.45) is 1.59. The van der Waals surface area contributed by atoms with Gasteiger partial charge in [0, 0.05) is 7.05 Å². The summed E-state index contributed by atoms with van der Waals surface area (Å²) in [5.74, 6) is 1.88. The first-order valence-electron chi connectivity index (χ1n) is 6.10. The van der Waals surface area contributed by atoms with Crippen LogP contribution in [0.1, 0.15) is 0 Å². The van der Waals surface area contributed by atoms with Gasteiger partial charge in [0.2, 0.25) is 5.95 Å². The van der Waals surface area contributed by atoms with Gasteiger partial charge in [0.05, 0.1) is 19.1 Å². The number of imidazole rings is 1. The van der Waals surface area contributed by atoms with Crippen LogP contribution in [-0.2, 0) is 0 Å². The van der Waals surface area contributed by atoms with E-state index in [1.54, 1.807) is 20.5 Å². The third kappa shape index (κ3) is 2.09. The van der Waals surface area contributed by atoms with E-state index in [2.05, 4.69) is 30.6 Å². The van der Waals surface area contributed by atoms with Crippen molar-refractivity contribution in [3.63, 3.8) is 0 Å². The van der Waals surface area contributed by atoms with Crippen LogP contribution in [0.3, 0.4) is 0 Å². The number of benzene rings is 1. The number of hydrogen-bond acceptors (Lipinski definition) is 6. The minimum Gasteiger partial charge on any atom is -0.495 e. The van der Waals surface area contributed by atoms with E-state index in [1.165, 1.54) is 0 Å². The topological polar surface area (TPSA) is 87.8 Å². The van der Waals surface area contributed by atoms with Crippen molar-refractivity contribution in [3.8, 4) is 5.75 Å². The van der Waals surface area contributed by atoms with Crippen molar-refractivity contribution in [2.24, 2.45) is 0 Å². The minimum atomic E-state index is 0.502. The lowest BCUT2D eigenvalue weighted by Crippen LogP contribution is -2.02. The third-order valence-electron chi connectivity index (χ3n) is 2.87. The molecule has 1 aromatic carbocycles. The molecule has 7 heteroatoms. The van der Waals surface area contributed by atoms with Gasteiger partial charge in [-0.05, 0) is 12.1 Å². The molecule has 0 radical (unpaired) electrons. The molecule has 0 aliphatic carbocycles. The minimum absolute atomic E-state index is 0.502. The molecule has 0 aliphatic heterocycles. The van der Waals surface area contributed by atoms with Crippen LogP contribution in [0.5, 0.6) is 5.75 Å². The predicted molar refractivity (Wildman–Crippen MR) is 77.5 cm³/mol. The van der Waals surface area contributed by atoms with Crippen LogP contribution in [0.25, 0.3) is 11.2 Å². The van der Waals surface area contributed by atoms with E-state index >= 15 is 0 Å². The largest absolute Gasteiger partial charge is 0.495 e. The van der Waals surface area contributed by atoms with Gasteiger partial charge in [0.15, 0.2) is 11.5 Å². The summed E-state index contributed by atoms with van der Waals surface area (Å²) in [5, 5.41) is 6.16. The van der Waals surface area contributed by atoms with Gasteiger partial charge in [-0.2, -0.15) is 9.97 Å². The highest BCUT2D eigenvalue weighted by atomic mass is 16.5. The summed E-state index contributed by atoms with van der Waals surface area (Å²) in [5.41, 5.74) is 2.17. The number of para-hydroxylation sites is 2. The third-order valence-corrected chi connectivity index (χ3v) is 2.87. The molecule has 0 bridgehead atoms. The standard InChI is InChI=1S/C13H14N6O/c1-14-13-18-11-10(15-7-16-11)12(19-13)17-8-5-3-4-6-9(8)20-2/h3-7H,1-2H3,(H3,14,15,16,17,18,19). The molecule has 3 N–H and O–H groups in total. The van der Waals surface area contributed by atoms with Gasteiger partial charge in [-0.3, -0.25) is 0 Å². The Hall–Kier alpha value is -2.83. The van der Waals surface area contributed by atoms with Gasteiger partial charge in [-0.25, -0.2) is 4.98 Å². The molecule has 0 aliphatic rings. The van der Waals surface area contributed by atoms with Crippen LogP contribution in [0.2, 0.25) is 0 Å². The first-order valence-corrected chi connectivity index (χ1v) is 6.10. The summed E-state index contributed by atoms with van der Waals surface area (Å²) in [6, 6.07) is 7.64. The van der Waals surface area contributed by atoms with Crippen molar-refractivity contribution in [3.05, 3.63) is 30.6 Å². The summed E-state index contributed by atoms with van der Waals surface area (Å²) >= 11 is 0. The molecule has 0 amide bonds. The molecule has 0 spiro atoms. The maximum Gasteiger partial charge on any atom is 0.226 e. The van der Waals surface area contributed by atoms with E-state index in [0.29, 0.717) is 17.4 Å². The Balaban J connectivity index is 2.07. The second-order valence-corrected chi connectivity index (χ2v) is 4.07. The molecule has 0 unspecified atom stereocenters. The van der Waals surface area contributed by atoms with Gasteiger partial charge in [-0.15, -0.1) is 0 Å². The molecule has 3 rings (SSSR count). The smallest absolute Gasteiger partial charge is 0.226 e. The Bertz CT molecular complexity index is 739. The van der Waals surface area contributed by atoms with E-state index < -0.39 is 0 Å². The first kappa shape index (κ1) is 12.2. The highest BCUT2D eigenvalue weighted by molar-refractivity contribution is 5.86. The Morgan fingerprint density at radius 2 is 2.05 bits per heavy atom. The number of hydrogen-bond donors (Lipinski definition) is 3. The average Bonchev–Trinajstić information content (AvgIpc) is 2.96. The number of ether oxygens (including phenoxy) is 1. The average molecular weight is 270 g/mol. The zero-order chi connectivity index (χ0) is 13.9. The van der Waals surface area contributed by atoms with E-state index in [9.17, 15) is 0 Å². The summed E-state index contributed by atoms with van der Waals surface area (Å²) < 4.78 is 5.32. The highest BCUT2D eigenvalue weighted by Gasteiger charge is 2.11. The molecule has 2 aromatic heterocycles. The van der Waals surface area contributed by atoms with E-state index in [1.807, 2.05) is 24.3 Å². The molecular weight excluding hydrogens is 256 g/mol. The zero-order valence-electron chi connectivity index (χ0n) is 11.1. The lowest BCUT2D eigenvalue weighted by atomic mass is 10.3. The molecule has 3 aromatic rings. The van der Waals surface area contributed by atoms with Crippen molar-refractivity contribution >= 4 is 28.6 Å². The second-order valence-electron chi connectivity index (χ2n) is 4.07. The van der Waals surface area contributed by atoms with E-state index in [0.717, 1.165) is 17.0 Å². The van der Waals surface area contributed by atoms with E-state index in [4.69, 9.17) is 4.74 Å². The number of anilines is 3. The van der Waals surface area contributed by atoms with Crippen molar-refractivity contribution in [2.75, 3.05) is 24.8 Å². The zero-order valence-corrected chi connectivity index (χ0v) is 11.1. The number of methoxy groups -OCH3 is 1. The normalized spacial score (nSPS) is 10.5. The lowest BCUT2D eigenvalue weighted by Gasteiger charge is -2.11. The van der Waals surface area contributed by atoms with Crippen LogP contribution in [0.4, 0.5) is 17.5 Å². The number of aromatic nitrogens is 4. The van der Waals surface area contributed by atoms with Gasteiger partial charge in [0.1, 0.15) is 11.3 Å². The number of rotatable bonds is 4. The predicted octanol–water partition coefficient (Wildman–Crippen LogP) is 2.15. The maximum absolute atomic E-state index is 5.32. The van der Waals surface area contributed by atoms with Crippen LogP contribution in [0.15, 0.2) is 30.6 Å². The first-order chi connectivity index (χ1) is 9.81. The molecule has 20 heavy (non-hydrogen) atoms. The fourth-order valence-corrected chi connectivity index (χ4v) is 1.91. The summed E-state index contributed by atoms with van der Waals surface area (Å²) in [7, 11) is 3.39. The van der Waals surface area contributed by atoms with Crippen LogP contribution >= 0.6 is 0 Å². The molecule has 0 fully saturated rings. The fourth-order valence-electron chi connectivity index (χ4n) is 1.91. The maximum atomic E-state index is 5.32. The highest BCUT2D eigenvalue weighted by Crippen LogP contribution is 2.29. The number of nitrogens with zero attached hydrogens (tertiary/aromatic N) is 3. The Labute approximate surface area is 115 Å². The van der Waals surface area contributed by atoms with E-state index in [-0.39, 0.29) is 0 Å². The molecule has 7 nitrogen and oxygen atoms in total. The van der Waals surface area contributed by atoms with Crippen molar-refractivity contribution in [1.29, 1.82) is 0 Å². The van der Waals surface area contributed by atoms with Gasteiger partial charge >= 0.3 is 0 Å². The Kier molecular flexibility index (Phi) is 3.08. The summed E-state index contributed by atoms with van der Waals surface area (Å²) in [4.78, 5) is 15.8. The van der Waals surface area contributed by atoms with Crippen LogP contribution in [-0.4, -0.2) is 34.1 Å². The molecular formula is C13H14N6O. The molecule has 2 heterocycles. The number of nitrogens with one attached hydrogen (secondary N) is 3. The van der Waals surface area contributed by atoms with Crippen LogP contribution in [0, 0.1) is 0 Å². The summed E-state index contributed by atoms with van der Waals surface area (Å²) in [6.45, 7) is 0. The SMILES string of the molecule is CNc1nc(Nc2ccccc2OC)c2[nH]cnc2n1. The Morgan fingerprint density at radius 1 is 1.20 bits per heavy atom. The second kappa shape index (κ2) is 5.04. The van der Waals surface area contributed by atoms with Gasteiger partial charge in [0.25, 0.3) is 0 Å². The monoisotopic (exact) mass is 270 g/mol. The molecule has 0 saturated heterocycles. The molecule has 0 saturated carbocycles. The van der Waals surface area contributed by atoms with Crippen LogP contribution < -0.4 is 15.4 Å². The Morgan fingerprint density at radius 3 is 2.85 bits per heavy atom.